The molecule has 0 unspecified atom stereocenters. The Hall–Kier alpha value is -1.66. The van der Waals surface area contributed by atoms with Crippen molar-refractivity contribution in [1.82, 2.24) is 15.1 Å². The van der Waals surface area contributed by atoms with Crippen molar-refractivity contribution in [2.75, 3.05) is 0 Å². The van der Waals surface area contributed by atoms with Gasteiger partial charge in [0.2, 0.25) is 5.91 Å². The van der Waals surface area contributed by atoms with Crippen LogP contribution in [0.5, 0.6) is 0 Å². The van der Waals surface area contributed by atoms with Gasteiger partial charge in [-0.25, -0.2) is 0 Å². The number of nitrogens with zero attached hydrogens (tertiary/aromatic N) is 2. The van der Waals surface area contributed by atoms with Crippen LogP contribution in [-0.2, 0) is 17.8 Å². The summed E-state index contributed by atoms with van der Waals surface area (Å²) in [5.41, 5.74) is 8.53. The van der Waals surface area contributed by atoms with Crippen molar-refractivity contribution in [3.63, 3.8) is 0 Å². The summed E-state index contributed by atoms with van der Waals surface area (Å²) in [6.07, 6.45) is 4.21. The topological polar surface area (TPSA) is 72.9 Å². The van der Waals surface area contributed by atoms with E-state index >= 15 is 0 Å². The van der Waals surface area contributed by atoms with Gasteiger partial charge in [0, 0.05) is 6.20 Å². The Kier molecular flexibility index (Phi) is 3.58. The van der Waals surface area contributed by atoms with E-state index in [4.69, 9.17) is 5.73 Å². The lowest BCUT2D eigenvalue weighted by Gasteiger charge is -2.17. The third kappa shape index (κ3) is 2.62. The zero-order valence-corrected chi connectivity index (χ0v) is 12.4. The SMILES string of the molecule is N[C@@H]1c2ccccc2C[C@H]1NC(=O)Cn1cc(Br)cn1. The molecule has 1 aromatic heterocycles. The summed E-state index contributed by atoms with van der Waals surface area (Å²) in [5.74, 6) is -0.0751. The average molecular weight is 335 g/mol. The highest BCUT2D eigenvalue weighted by molar-refractivity contribution is 9.10. The van der Waals surface area contributed by atoms with Gasteiger partial charge in [0.1, 0.15) is 6.54 Å². The molecule has 3 N–H and O–H groups in total. The van der Waals surface area contributed by atoms with Crippen LogP contribution in [0.15, 0.2) is 41.1 Å². The van der Waals surface area contributed by atoms with Gasteiger partial charge < -0.3 is 11.1 Å². The van der Waals surface area contributed by atoms with Gasteiger partial charge in [-0.2, -0.15) is 5.10 Å². The van der Waals surface area contributed by atoms with E-state index in [1.54, 1.807) is 17.1 Å². The van der Waals surface area contributed by atoms with Crippen molar-refractivity contribution in [2.24, 2.45) is 5.73 Å². The van der Waals surface area contributed by atoms with Crippen LogP contribution in [0, 0.1) is 0 Å². The van der Waals surface area contributed by atoms with Crippen molar-refractivity contribution < 1.29 is 4.79 Å². The molecule has 5 nitrogen and oxygen atoms in total. The third-order valence-corrected chi connectivity index (χ3v) is 3.95. The number of aromatic nitrogens is 2. The number of fused-ring (bicyclic) bond motifs is 1. The van der Waals surface area contributed by atoms with Crippen LogP contribution in [-0.4, -0.2) is 21.7 Å². The first-order chi connectivity index (χ1) is 9.63. The summed E-state index contributed by atoms with van der Waals surface area (Å²) >= 11 is 3.30. The quantitative estimate of drug-likeness (QED) is 0.890. The van der Waals surface area contributed by atoms with Crippen molar-refractivity contribution in [1.29, 1.82) is 0 Å². The second kappa shape index (κ2) is 5.38. The Morgan fingerprint density at radius 3 is 3.00 bits per heavy atom. The smallest absolute Gasteiger partial charge is 0.242 e. The molecule has 0 aliphatic heterocycles. The Labute approximate surface area is 125 Å². The van der Waals surface area contributed by atoms with E-state index in [1.165, 1.54) is 5.56 Å². The molecule has 1 aliphatic rings. The fourth-order valence-electron chi connectivity index (χ4n) is 2.59. The Morgan fingerprint density at radius 2 is 2.30 bits per heavy atom. The molecule has 1 heterocycles. The van der Waals surface area contributed by atoms with E-state index < -0.39 is 0 Å². The highest BCUT2D eigenvalue weighted by Gasteiger charge is 2.30. The summed E-state index contributed by atoms with van der Waals surface area (Å²) in [7, 11) is 0. The third-order valence-electron chi connectivity index (χ3n) is 3.54. The monoisotopic (exact) mass is 334 g/mol. The van der Waals surface area contributed by atoms with Crippen LogP contribution in [0.1, 0.15) is 17.2 Å². The normalized spacial score (nSPS) is 20.7. The predicted octanol–water partition coefficient (Wildman–Crippen LogP) is 1.39. The summed E-state index contributed by atoms with van der Waals surface area (Å²) in [5, 5.41) is 7.06. The van der Waals surface area contributed by atoms with Crippen molar-refractivity contribution >= 4 is 21.8 Å². The van der Waals surface area contributed by atoms with Gasteiger partial charge in [0.25, 0.3) is 0 Å². The molecule has 0 radical (unpaired) electrons. The highest BCUT2D eigenvalue weighted by Crippen LogP contribution is 2.29. The van der Waals surface area contributed by atoms with Gasteiger partial charge in [0.15, 0.2) is 0 Å². The molecule has 1 aromatic carbocycles. The maximum Gasteiger partial charge on any atom is 0.242 e. The molecule has 3 rings (SSSR count). The largest absolute Gasteiger partial charge is 0.350 e. The fourth-order valence-corrected chi connectivity index (χ4v) is 2.92. The Morgan fingerprint density at radius 1 is 1.50 bits per heavy atom. The molecule has 2 atom stereocenters. The van der Waals surface area contributed by atoms with Gasteiger partial charge in [-0.05, 0) is 33.5 Å². The fraction of sp³-hybridized carbons (Fsp3) is 0.286. The number of nitrogens with two attached hydrogens (primary N) is 1. The van der Waals surface area contributed by atoms with Crippen molar-refractivity contribution in [3.8, 4) is 0 Å². The molecule has 1 aliphatic carbocycles. The minimum atomic E-state index is -0.139. The van der Waals surface area contributed by atoms with E-state index in [0.29, 0.717) is 0 Å². The molecule has 2 aromatic rings. The number of halogens is 1. The van der Waals surface area contributed by atoms with Crippen LogP contribution in [0.4, 0.5) is 0 Å². The summed E-state index contributed by atoms with van der Waals surface area (Å²) in [6, 6.07) is 7.88. The van der Waals surface area contributed by atoms with Crippen LogP contribution >= 0.6 is 15.9 Å². The zero-order chi connectivity index (χ0) is 14.1. The maximum atomic E-state index is 12.0. The first-order valence-electron chi connectivity index (χ1n) is 6.44. The maximum absolute atomic E-state index is 12.0. The Bertz CT molecular complexity index is 640. The van der Waals surface area contributed by atoms with E-state index in [2.05, 4.69) is 32.4 Å². The second-order valence-corrected chi connectivity index (χ2v) is 5.87. The molecule has 20 heavy (non-hydrogen) atoms. The van der Waals surface area contributed by atoms with Crippen LogP contribution < -0.4 is 11.1 Å². The molecule has 6 heteroatoms. The molecule has 0 bridgehead atoms. The van der Waals surface area contributed by atoms with E-state index in [1.807, 2.05) is 18.2 Å². The lowest BCUT2D eigenvalue weighted by atomic mass is 10.1. The number of nitrogens with one attached hydrogen (secondary N) is 1. The number of carbonyl (C=O) groups is 1. The van der Waals surface area contributed by atoms with Crippen LogP contribution in [0.3, 0.4) is 0 Å². The molecular formula is C14H15BrN4O. The molecule has 104 valence electrons. The van der Waals surface area contributed by atoms with Gasteiger partial charge in [-0.1, -0.05) is 24.3 Å². The molecule has 0 saturated carbocycles. The van der Waals surface area contributed by atoms with Crippen LogP contribution in [0.2, 0.25) is 0 Å². The van der Waals surface area contributed by atoms with E-state index in [-0.39, 0.29) is 24.5 Å². The lowest BCUT2D eigenvalue weighted by molar-refractivity contribution is -0.122. The number of hydrogen-bond donors (Lipinski definition) is 2. The predicted molar refractivity (Wildman–Crippen MR) is 78.9 cm³/mol. The van der Waals surface area contributed by atoms with Gasteiger partial charge in [-0.3, -0.25) is 9.48 Å². The zero-order valence-electron chi connectivity index (χ0n) is 10.8. The summed E-state index contributed by atoms with van der Waals surface area (Å²) in [6.45, 7) is 0.200. The van der Waals surface area contributed by atoms with Gasteiger partial charge in [0.05, 0.1) is 22.8 Å². The first kappa shape index (κ1) is 13.3. The number of rotatable bonds is 3. The Balaban J connectivity index is 1.63. The summed E-state index contributed by atoms with van der Waals surface area (Å²) in [4.78, 5) is 12.0. The molecule has 1 amide bonds. The van der Waals surface area contributed by atoms with E-state index in [0.717, 1.165) is 16.5 Å². The minimum Gasteiger partial charge on any atom is -0.350 e. The minimum absolute atomic E-state index is 0.0427. The summed E-state index contributed by atoms with van der Waals surface area (Å²) < 4.78 is 2.45. The molecular weight excluding hydrogens is 320 g/mol. The van der Waals surface area contributed by atoms with Gasteiger partial charge in [-0.15, -0.1) is 0 Å². The standard InChI is InChI=1S/C14H15BrN4O/c15-10-6-17-19(7-10)8-13(20)18-12-5-9-3-1-2-4-11(9)14(12)16/h1-4,6-7,12,14H,5,8,16H2,(H,18,20)/t12-,14-/m1/s1. The molecule has 0 saturated heterocycles. The molecule has 0 fully saturated rings. The first-order valence-corrected chi connectivity index (χ1v) is 7.23. The highest BCUT2D eigenvalue weighted by atomic mass is 79.9. The van der Waals surface area contributed by atoms with Crippen molar-refractivity contribution in [3.05, 3.63) is 52.3 Å². The average Bonchev–Trinajstić information content (AvgIpc) is 2.95. The van der Waals surface area contributed by atoms with Crippen LogP contribution in [0.25, 0.3) is 0 Å². The van der Waals surface area contributed by atoms with E-state index in [9.17, 15) is 4.79 Å². The lowest BCUT2D eigenvalue weighted by Crippen LogP contribution is -2.42. The number of benzene rings is 1. The number of hydrogen-bond acceptors (Lipinski definition) is 3. The number of carbonyl (C=O) groups excluding carboxylic acids is 1. The number of amides is 1. The second-order valence-electron chi connectivity index (χ2n) is 4.96. The van der Waals surface area contributed by atoms with Gasteiger partial charge >= 0.3 is 0 Å². The molecule has 0 spiro atoms. The van der Waals surface area contributed by atoms with Crippen molar-refractivity contribution in [2.45, 2.75) is 25.0 Å².